The van der Waals surface area contributed by atoms with Gasteiger partial charge in [0.25, 0.3) is 5.91 Å². The van der Waals surface area contributed by atoms with Crippen molar-refractivity contribution >= 4 is 11.8 Å². The molecule has 0 aromatic heterocycles. The van der Waals surface area contributed by atoms with E-state index in [2.05, 4.69) is 17.2 Å². The quantitative estimate of drug-likeness (QED) is 0.781. The summed E-state index contributed by atoms with van der Waals surface area (Å²) in [5.41, 5.74) is 0.982. The molecule has 0 spiro atoms. The number of carbonyl (C=O) groups excluding carboxylic acids is 2. The van der Waals surface area contributed by atoms with Crippen LogP contribution in [0.5, 0.6) is 0 Å². The smallest absolute Gasteiger partial charge is 0.255 e. The number of hydrogen-bond donors (Lipinski definition) is 2. The third-order valence-corrected chi connectivity index (χ3v) is 2.84. The predicted octanol–water partition coefficient (Wildman–Crippen LogP) is 0.629. The molecule has 0 saturated heterocycles. The van der Waals surface area contributed by atoms with Crippen LogP contribution in [0, 0.1) is 11.8 Å². The number of amides is 2. The monoisotopic (exact) mass is 288 g/mol. The second-order valence-corrected chi connectivity index (χ2v) is 4.28. The highest BCUT2D eigenvalue weighted by Gasteiger charge is 2.18. The first-order chi connectivity index (χ1) is 10.1. The first kappa shape index (κ1) is 16.7. The molecule has 0 atom stereocenters. The van der Waals surface area contributed by atoms with E-state index in [9.17, 15) is 9.59 Å². The fourth-order valence-corrected chi connectivity index (χ4v) is 1.84. The normalized spacial score (nSPS) is 9.48. The van der Waals surface area contributed by atoms with Gasteiger partial charge in [-0.05, 0) is 26.0 Å². The molecule has 0 unspecified atom stereocenters. The summed E-state index contributed by atoms with van der Waals surface area (Å²) in [7, 11) is 0. The van der Waals surface area contributed by atoms with Crippen molar-refractivity contribution in [1.82, 2.24) is 10.2 Å². The highest BCUT2D eigenvalue weighted by Crippen LogP contribution is 2.11. The summed E-state index contributed by atoms with van der Waals surface area (Å²) in [6, 6.07) is 6.91. The molecule has 0 heterocycles. The maximum Gasteiger partial charge on any atom is 0.255 e. The zero-order valence-corrected chi connectivity index (χ0v) is 12.3. The van der Waals surface area contributed by atoms with Gasteiger partial charge in [0.15, 0.2) is 0 Å². The zero-order valence-electron chi connectivity index (χ0n) is 12.3. The number of likely N-dealkylation sites (N-methyl/N-ethyl adjacent to an activating group) is 2. The van der Waals surface area contributed by atoms with Crippen LogP contribution in [0.3, 0.4) is 0 Å². The molecule has 2 N–H and O–H groups in total. The molecule has 0 saturated carbocycles. The van der Waals surface area contributed by atoms with Crippen molar-refractivity contribution in [2.75, 3.05) is 26.2 Å². The lowest BCUT2D eigenvalue weighted by molar-refractivity contribution is -0.121. The summed E-state index contributed by atoms with van der Waals surface area (Å²) >= 11 is 0. The van der Waals surface area contributed by atoms with E-state index < -0.39 is 0 Å². The summed E-state index contributed by atoms with van der Waals surface area (Å²) in [5.74, 6) is 4.85. The third kappa shape index (κ3) is 4.93. The van der Waals surface area contributed by atoms with Crippen LogP contribution < -0.4 is 5.32 Å². The lowest BCUT2D eigenvalue weighted by Gasteiger charge is -2.20. The molecule has 0 aliphatic heterocycles. The van der Waals surface area contributed by atoms with E-state index in [1.165, 1.54) is 4.90 Å². The van der Waals surface area contributed by atoms with Gasteiger partial charge in [-0.25, -0.2) is 0 Å². The molecule has 0 aliphatic rings. The fourth-order valence-electron chi connectivity index (χ4n) is 1.84. The van der Waals surface area contributed by atoms with Gasteiger partial charge in [0.2, 0.25) is 5.91 Å². The summed E-state index contributed by atoms with van der Waals surface area (Å²) in [4.78, 5) is 25.6. The molecule has 2 amide bonds. The minimum absolute atomic E-state index is 0.0188. The maximum absolute atomic E-state index is 12.5. The molecule has 5 nitrogen and oxygen atoms in total. The molecule has 21 heavy (non-hydrogen) atoms. The zero-order chi connectivity index (χ0) is 15.7. The van der Waals surface area contributed by atoms with Crippen LogP contribution in [-0.2, 0) is 4.79 Å². The van der Waals surface area contributed by atoms with Gasteiger partial charge in [-0.3, -0.25) is 9.59 Å². The molecule has 0 bridgehead atoms. The Balaban J connectivity index is 2.97. The molecule has 0 aliphatic carbocycles. The Bertz CT molecular complexity index is 558. The van der Waals surface area contributed by atoms with E-state index in [4.69, 9.17) is 5.11 Å². The number of nitrogens with one attached hydrogen (secondary N) is 1. The highest BCUT2D eigenvalue weighted by molar-refractivity contribution is 5.98. The van der Waals surface area contributed by atoms with E-state index >= 15 is 0 Å². The number of hydrogen-bond acceptors (Lipinski definition) is 3. The van der Waals surface area contributed by atoms with Crippen LogP contribution >= 0.6 is 0 Å². The first-order valence-corrected chi connectivity index (χ1v) is 6.88. The topological polar surface area (TPSA) is 69.6 Å². The molecule has 5 heteroatoms. The molecule has 1 aromatic carbocycles. The molecule has 1 aromatic rings. The maximum atomic E-state index is 12.5. The Labute approximate surface area is 125 Å². The third-order valence-electron chi connectivity index (χ3n) is 2.84. The summed E-state index contributed by atoms with van der Waals surface area (Å²) in [6.45, 7) is 4.36. The van der Waals surface area contributed by atoms with E-state index in [0.717, 1.165) is 0 Å². The molecule has 1 rings (SSSR count). The van der Waals surface area contributed by atoms with Gasteiger partial charge in [-0.2, -0.15) is 0 Å². The van der Waals surface area contributed by atoms with Crippen molar-refractivity contribution in [2.45, 2.75) is 13.8 Å². The Morgan fingerprint density at radius 1 is 1.29 bits per heavy atom. The number of benzene rings is 1. The van der Waals surface area contributed by atoms with E-state index in [1.54, 1.807) is 24.3 Å². The van der Waals surface area contributed by atoms with E-state index in [-0.39, 0.29) is 25.0 Å². The van der Waals surface area contributed by atoms with E-state index in [0.29, 0.717) is 24.2 Å². The van der Waals surface area contributed by atoms with Crippen molar-refractivity contribution in [3.8, 4) is 11.8 Å². The van der Waals surface area contributed by atoms with Crippen LogP contribution in [-0.4, -0.2) is 48.1 Å². The van der Waals surface area contributed by atoms with Gasteiger partial charge < -0.3 is 15.3 Å². The number of nitrogens with zero attached hydrogens (tertiary/aromatic N) is 1. The molecular formula is C16H20N2O3. The van der Waals surface area contributed by atoms with Gasteiger partial charge in [0, 0.05) is 18.7 Å². The standard InChI is InChI=1S/C16H20N2O3/c1-3-17-15(20)12-18(4-2)16(21)14-10-6-5-8-13(14)9-7-11-19/h5-6,8,10,19H,3-4,11-12H2,1-2H3,(H,17,20). The lowest BCUT2D eigenvalue weighted by atomic mass is 10.1. The minimum Gasteiger partial charge on any atom is -0.384 e. The van der Waals surface area contributed by atoms with Gasteiger partial charge in [0.1, 0.15) is 6.61 Å². The molecule has 112 valence electrons. The first-order valence-electron chi connectivity index (χ1n) is 6.88. The van der Waals surface area contributed by atoms with Crippen molar-refractivity contribution in [2.24, 2.45) is 0 Å². The Morgan fingerprint density at radius 3 is 2.62 bits per heavy atom. The molecule has 0 radical (unpaired) electrons. The Kier molecular flexibility index (Phi) is 6.99. The Morgan fingerprint density at radius 2 is 2.00 bits per heavy atom. The average Bonchev–Trinajstić information content (AvgIpc) is 2.50. The van der Waals surface area contributed by atoms with Gasteiger partial charge >= 0.3 is 0 Å². The summed E-state index contributed by atoms with van der Waals surface area (Å²) < 4.78 is 0. The van der Waals surface area contributed by atoms with Crippen LogP contribution in [0.25, 0.3) is 0 Å². The summed E-state index contributed by atoms with van der Waals surface area (Å²) in [5, 5.41) is 11.4. The second kappa shape index (κ2) is 8.77. The van der Waals surface area contributed by atoms with Crippen molar-refractivity contribution < 1.29 is 14.7 Å². The Hall–Kier alpha value is -2.32. The fraction of sp³-hybridized carbons (Fsp3) is 0.375. The minimum atomic E-state index is -0.265. The number of carbonyl (C=O) groups is 2. The van der Waals surface area contributed by atoms with Crippen LogP contribution in [0.1, 0.15) is 29.8 Å². The largest absolute Gasteiger partial charge is 0.384 e. The van der Waals surface area contributed by atoms with Crippen molar-refractivity contribution in [1.29, 1.82) is 0 Å². The van der Waals surface area contributed by atoms with Crippen molar-refractivity contribution in [3.05, 3.63) is 35.4 Å². The number of aliphatic hydroxyl groups is 1. The van der Waals surface area contributed by atoms with Crippen LogP contribution in [0.4, 0.5) is 0 Å². The highest BCUT2D eigenvalue weighted by atomic mass is 16.2. The van der Waals surface area contributed by atoms with Gasteiger partial charge in [0.05, 0.1) is 12.1 Å². The number of rotatable bonds is 5. The van der Waals surface area contributed by atoms with Gasteiger partial charge in [-0.15, -0.1) is 0 Å². The van der Waals surface area contributed by atoms with Crippen molar-refractivity contribution in [3.63, 3.8) is 0 Å². The average molecular weight is 288 g/mol. The SMILES string of the molecule is CCNC(=O)CN(CC)C(=O)c1ccccc1C#CCO. The second-order valence-electron chi connectivity index (χ2n) is 4.28. The number of aliphatic hydroxyl groups excluding tert-OH is 1. The van der Waals surface area contributed by atoms with Crippen LogP contribution in [0.15, 0.2) is 24.3 Å². The summed E-state index contributed by atoms with van der Waals surface area (Å²) in [6.07, 6.45) is 0. The lowest BCUT2D eigenvalue weighted by Crippen LogP contribution is -2.40. The van der Waals surface area contributed by atoms with Crippen LogP contribution in [0.2, 0.25) is 0 Å². The van der Waals surface area contributed by atoms with E-state index in [1.807, 2.05) is 13.8 Å². The molecular weight excluding hydrogens is 268 g/mol. The predicted molar refractivity (Wildman–Crippen MR) is 80.7 cm³/mol. The van der Waals surface area contributed by atoms with Gasteiger partial charge in [-0.1, -0.05) is 24.0 Å². The molecule has 0 fully saturated rings.